The monoisotopic (exact) mass is 291 g/mol. The smallest absolute Gasteiger partial charge is 0.231 e. The first kappa shape index (κ1) is 11.9. The fourth-order valence-electron chi connectivity index (χ4n) is 2.67. The summed E-state index contributed by atoms with van der Waals surface area (Å²) in [5, 5.41) is 0.521. The number of ether oxygens (including phenoxy) is 2. The number of halogens is 1. The molecule has 0 amide bonds. The molecule has 1 fully saturated rings. The van der Waals surface area contributed by atoms with Gasteiger partial charge in [0.2, 0.25) is 6.79 Å². The molecule has 104 valence electrons. The molecule has 2 aromatic rings. The molecular weight excluding hydrogens is 278 g/mol. The van der Waals surface area contributed by atoms with E-state index in [1.807, 2.05) is 19.1 Å². The fraction of sp³-hybridized carbons (Fsp3) is 0.357. The molecule has 1 aliphatic carbocycles. The zero-order valence-corrected chi connectivity index (χ0v) is 11.8. The number of imidazole rings is 1. The summed E-state index contributed by atoms with van der Waals surface area (Å²) in [5.74, 6) is 2.87. The average Bonchev–Trinajstić information content (AvgIpc) is 3.03. The first-order chi connectivity index (χ1) is 9.65. The molecule has 0 atom stereocenters. The maximum absolute atomic E-state index is 6.26. The third-order valence-corrected chi connectivity index (χ3v) is 4.02. The Kier molecular flexibility index (Phi) is 2.41. The summed E-state index contributed by atoms with van der Waals surface area (Å²) in [4.78, 5) is 4.59. The highest BCUT2D eigenvalue weighted by molar-refractivity contribution is 6.32. The molecule has 0 spiro atoms. The SMILES string of the molecule is Cc1nc(-c2cc(Cl)c3c(c2)OCO3)c(N)n1C1CC1. The molecular formula is C14H14ClN3O2. The number of nitrogens with two attached hydrogens (primary N) is 1. The van der Waals surface area contributed by atoms with E-state index < -0.39 is 0 Å². The van der Waals surface area contributed by atoms with Crippen molar-refractivity contribution in [2.24, 2.45) is 0 Å². The van der Waals surface area contributed by atoms with Crippen LogP contribution in [-0.4, -0.2) is 16.3 Å². The normalized spacial score (nSPS) is 16.7. The van der Waals surface area contributed by atoms with Crippen molar-refractivity contribution in [3.8, 4) is 22.8 Å². The number of fused-ring (bicyclic) bond motifs is 1. The molecule has 1 aliphatic heterocycles. The Morgan fingerprint density at radius 2 is 2.15 bits per heavy atom. The van der Waals surface area contributed by atoms with Gasteiger partial charge in [0.15, 0.2) is 11.5 Å². The molecule has 0 bridgehead atoms. The molecule has 2 N–H and O–H groups in total. The average molecular weight is 292 g/mol. The van der Waals surface area contributed by atoms with Crippen LogP contribution < -0.4 is 15.2 Å². The summed E-state index contributed by atoms with van der Waals surface area (Å²) in [5.41, 5.74) is 7.88. The van der Waals surface area contributed by atoms with Gasteiger partial charge in [-0.25, -0.2) is 4.98 Å². The van der Waals surface area contributed by atoms with Crippen molar-refractivity contribution in [1.82, 2.24) is 9.55 Å². The standard InChI is InChI=1S/C14H14ClN3O2/c1-7-17-12(14(16)18(7)9-2-3-9)8-4-10(15)13-11(5-8)19-6-20-13/h4-5,9H,2-3,6,16H2,1H3. The maximum Gasteiger partial charge on any atom is 0.231 e. The van der Waals surface area contributed by atoms with Crippen LogP contribution in [0.15, 0.2) is 12.1 Å². The Labute approximate surface area is 121 Å². The molecule has 2 aliphatic rings. The van der Waals surface area contributed by atoms with E-state index in [0.29, 0.717) is 28.4 Å². The number of hydrogen-bond donors (Lipinski definition) is 1. The lowest BCUT2D eigenvalue weighted by Crippen LogP contribution is -2.02. The number of nitrogens with zero attached hydrogens (tertiary/aromatic N) is 2. The van der Waals surface area contributed by atoms with Crippen LogP contribution in [0.5, 0.6) is 11.5 Å². The van der Waals surface area contributed by atoms with Crippen LogP contribution in [0.25, 0.3) is 11.3 Å². The van der Waals surface area contributed by atoms with Crippen LogP contribution >= 0.6 is 11.6 Å². The number of anilines is 1. The molecule has 1 saturated carbocycles. The summed E-state index contributed by atoms with van der Waals surface area (Å²) in [6.07, 6.45) is 2.34. The Balaban J connectivity index is 1.85. The van der Waals surface area contributed by atoms with E-state index in [9.17, 15) is 0 Å². The van der Waals surface area contributed by atoms with Gasteiger partial charge in [0.25, 0.3) is 0 Å². The molecule has 0 unspecified atom stereocenters. The van der Waals surface area contributed by atoms with Gasteiger partial charge >= 0.3 is 0 Å². The summed E-state index contributed by atoms with van der Waals surface area (Å²) in [6.45, 7) is 2.18. The Morgan fingerprint density at radius 3 is 2.90 bits per heavy atom. The van der Waals surface area contributed by atoms with Gasteiger partial charge in [0.1, 0.15) is 17.3 Å². The Hall–Kier alpha value is -1.88. The summed E-state index contributed by atoms with van der Waals surface area (Å²) < 4.78 is 12.8. The number of hydrogen-bond acceptors (Lipinski definition) is 4. The molecule has 1 aromatic heterocycles. The van der Waals surface area contributed by atoms with Crippen LogP contribution in [-0.2, 0) is 0 Å². The summed E-state index contributed by atoms with van der Waals surface area (Å²) >= 11 is 6.22. The predicted octanol–water partition coefficient (Wildman–Crippen LogP) is 3.16. The number of benzene rings is 1. The highest BCUT2D eigenvalue weighted by Gasteiger charge is 2.29. The fourth-order valence-corrected chi connectivity index (χ4v) is 2.94. The van der Waals surface area contributed by atoms with Gasteiger partial charge < -0.3 is 19.8 Å². The molecule has 6 heteroatoms. The minimum atomic E-state index is 0.198. The lowest BCUT2D eigenvalue weighted by Gasteiger charge is -2.06. The van der Waals surface area contributed by atoms with E-state index in [4.69, 9.17) is 26.8 Å². The first-order valence-corrected chi connectivity index (χ1v) is 6.97. The highest BCUT2D eigenvalue weighted by Crippen LogP contribution is 2.45. The second kappa shape index (κ2) is 4.06. The van der Waals surface area contributed by atoms with Crippen molar-refractivity contribution < 1.29 is 9.47 Å². The van der Waals surface area contributed by atoms with Gasteiger partial charge in [-0.1, -0.05) is 11.6 Å². The van der Waals surface area contributed by atoms with Gasteiger partial charge in [0.05, 0.1) is 5.02 Å². The van der Waals surface area contributed by atoms with E-state index in [1.165, 1.54) is 12.8 Å². The molecule has 2 heterocycles. The van der Waals surface area contributed by atoms with Gasteiger partial charge in [-0.05, 0) is 31.9 Å². The van der Waals surface area contributed by atoms with Crippen LogP contribution in [0.3, 0.4) is 0 Å². The van der Waals surface area contributed by atoms with Crippen LogP contribution in [0.4, 0.5) is 5.82 Å². The molecule has 0 saturated heterocycles. The van der Waals surface area contributed by atoms with Crippen molar-refractivity contribution in [3.63, 3.8) is 0 Å². The quantitative estimate of drug-likeness (QED) is 0.923. The predicted molar refractivity (Wildman–Crippen MR) is 76.2 cm³/mol. The molecule has 1 aromatic carbocycles. The Bertz CT molecular complexity index is 707. The molecule has 5 nitrogen and oxygen atoms in total. The number of aromatic nitrogens is 2. The summed E-state index contributed by atoms with van der Waals surface area (Å²) in [7, 11) is 0. The third-order valence-electron chi connectivity index (χ3n) is 3.74. The van der Waals surface area contributed by atoms with Crippen LogP contribution in [0, 0.1) is 6.92 Å². The van der Waals surface area contributed by atoms with Crippen molar-refractivity contribution in [3.05, 3.63) is 23.0 Å². The van der Waals surface area contributed by atoms with E-state index in [1.54, 1.807) is 0 Å². The number of aryl methyl sites for hydroxylation is 1. The van der Waals surface area contributed by atoms with E-state index >= 15 is 0 Å². The Morgan fingerprint density at radius 1 is 1.35 bits per heavy atom. The lowest BCUT2D eigenvalue weighted by molar-refractivity contribution is 0.174. The van der Waals surface area contributed by atoms with Crippen LogP contribution in [0.1, 0.15) is 24.7 Å². The third kappa shape index (κ3) is 1.66. The number of nitrogen functional groups attached to an aromatic ring is 1. The van der Waals surface area contributed by atoms with Gasteiger partial charge in [-0.2, -0.15) is 0 Å². The van der Waals surface area contributed by atoms with E-state index in [2.05, 4.69) is 9.55 Å². The second-order valence-electron chi connectivity index (χ2n) is 5.19. The van der Waals surface area contributed by atoms with Gasteiger partial charge in [-0.3, -0.25) is 0 Å². The van der Waals surface area contributed by atoms with Gasteiger partial charge in [-0.15, -0.1) is 0 Å². The minimum Gasteiger partial charge on any atom is -0.454 e. The largest absolute Gasteiger partial charge is 0.454 e. The topological polar surface area (TPSA) is 62.3 Å². The van der Waals surface area contributed by atoms with Crippen molar-refractivity contribution in [2.75, 3.05) is 12.5 Å². The minimum absolute atomic E-state index is 0.198. The van der Waals surface area contributed by atoms with Crippen molar-refractivity contribution >= 4 is 17.4 Å². The summed E-state index contributed by atoms with van der Waals surface area (Å²) in [6, 6.07) is 4.20. The number of rotatable bonds is 2. The van der Waals surface area contributed by atoms with Crippen molar-refractivity contribution in [1.29, 1.82) is 0 Å². The van der Waals surface area contributed by atoms with Crippen LogP contribution in [0.2, 0.25) is 5.02 Å². The molecule has 20 heavy (non-hydrogen) atoms. The first-order valence-electron chi connectivity index (χ1n) is 6.59. The zero-order valence-electron chi connectivity index (χ0n) is 11.0. The zero-order chi connectivity index (χ0) is 13.9. The molecule has 4 rings (SSSR count). The molecule has 0 radical (unpaired) electrons. The van der Waals surface area contributed by atoms with Crippen molar-refractivity contribution in [2.45, 2.75) is 25.8 Å². The van der Waals surface area contributed by atoms with Gasteiger partial charge in [0, 0.05) is 11.6 Å². The maximum atomic E-state index is 6.26. The van der Waals surface area contributed by atoms with E-state index in [-0.39, 0.29) is 6.79 Å². The van der Waals surface area contributed by atoms with E-state index in [0.717, 1.165) is 17.1 Å². The highest BCUT2D eigenvalue weighted by atomic mass is 35.5. The second-order valence-corrected chi connectivity index (χ2v) is 5.59. The lowest BCUT2D eigenvalue weighted by atomic mass is 10.1.